The largest absolute Gasteiger partial charge is 0.313 e. The first-order valence-corrected chi connectivity index (χ1v) is 6.57. The molecule has 1 N–H and O–H groups in total. The molecule has 2 rings (SSSR count). The molecule has 0 atom stereocenters. The molecule has 4 heteroatoms. The van der Waals surface area contributed by atoms with E-state index in [1.165, 1.54) is 5.56 Å². The van der Waals surface area contributed by atoms with Crippen molar-refractivity contribution in [1.29, 1.82) is 0 Å². The van der Waals surface area contributed by atoms with Crippen molar-refractivity contribution in [3.63, 3.8) is 0 Å². The molecule has 2 aromatic rings. The van der Waals surface area contributed by atoms with Crippen molar-refractivity contribution in [2.75, 3.05) is 7.05 Å². The van der Waals surface area contributed by atoms with E-state index < -0.39 is 0 Å². The van der Waals surface area contributed by atoms with E-state index in [0.29, 0.717) is 0 Å². The average Bonchev–Trinajstić information content (AvgIpc) is 2.71. The number of aryl methyl sites for hydroxylation is 1. The topological polar surface area (TPSA) is 42.7 Å². The van der Waals surface area contributed by atoms with E-state index in [0.717, 1.165) is 23.8 Å². The number of benzene rings is 1. The molecule has 0 spiro atoms. The predicted octanol–water partition coefficient (Wildman–Crippen LogP) is 2.50. The van der Waals surface area contributed by atoms with Gasteiger partial charge in [-0.1, -0.05) is 45.0 Å². The highest BCUT2D eigenvalue weighted by molar-refractivity contribution is 5.55. The van der Waals surface area contributed by atoms with Crippen molar-refractivity contribution in [3.05, 3.63) is 35.7 Å². The molecule has 19 heavy (non-hydrogen) atoms. The van der Waals surface area contributed by atoms with E-state index in [1.807, 2.05) is 18.8 Å². The Morgan fingerprint density at radius 1 is 1.16 bits per heavy atom. The molecule has 0 saturated heterocycles. The summed E-state index contributed by atoms with van der Waals surface area (Å²) in [4.78, 5) is 4.55. The minimum atomic E-state index is 0.174. The van der Waals surface area contributed by atoms with E-state index in [-0.39, 0.29) is 5.41 Å². The standard InChI is InChI=1S/C15H22N4/c1-15(2,3)12-8-6-11(7-9-12)14-17-13(10-16-4)19(5)18-14/h6-9,16H,10H2,1-5H3. The zero-order chi connectivity index (χ0) is 14.0. The molecule has 4 nitrogen and oxygen atoms in total. The van der Waals surface area contributed by atoms with E-state index in [1.54, 1.807) is 0 Å². The van der Waals surface area contributed by atoms with Crippen molar-refractivity contribution < 1.29 is 0 Å². The lowest BCUT2D eigenvalue weighted by molar-refractivity contribution is 0.590. The Balaban J connectivity index is 2.30. The molecular weight excluding hydrogens is 236 g/mol. The van der Waals surface area contributed by atoms with Gasteiger partial charge in [0.2, 0.25) is 0 Å². The van der Waals surface area contributed by atoms with Gasteiger partial charge in [-0.25, -0.2) is 4.98 Å². The molecule has 0 radical (unpaired) electrons. The van der Waals surface area contributed by atoms with Crippen molar-refractivity contribution >= 4 is 0 Å². The monoisotopic (exact) mass is 258 g/mol. The predicted molar refractivity (Wildman–Crippen MR) is 77.9 cm³/mol. The maximum absolute atomic E-state index is 4.55. The van der Waals surface area contributed by atoms with E-state index >= 15 is 0 Å². The van der Waals surface area contributed by atoms with Gasteiger partial charge in [-0.3, -0.25) is 4.68 Å². The summed E-state index contributed by atoms with van der Waals surface area (Å²) in [5.41, 5.74) is 2.56. The average molecular weight is 258 g/mol. The van der Waals surface area contributed by atoms with E-state index in [9.17, 15) is 0 Å². The van der Waals surface area contributed by atoms with Gasteiger partial charge >= 0.3 is 0 Å². The highest BCUT2D eigenvalue weighted by atomic mass is 15.3. The van der Waals surface area contributed by atoms with Crippen LogP contribution in [-0.2, 0) is 19.0 Å². The SMILES string of the molecule is CNCc1nc(-c2ccc(C(C)(C)C)cc2)nn1C. The fourth-order valence-electron chi connectivity index (χ4n) is 1.97. The third-order valence-electron chi connectivity index (χ3n) is 3.20. The smallest absolute Gasteiger partial charge is 0.181 e. The Morgan fingerprint density at radius 3 is 2.32 bits per heavy atom. The molecule has 1 aromatic heterocycles. The van der Waals surface area contributed by atoms with Crippen molar-refractivity contribution in [3.8, 4) is 11.4 Å². The Kier molecular flexibility index (Phi) is 3.71. The van der Waals surface area contributed by atoms with Crippen LogP contribution in [0.5, 0.6) is 0 Å². The molecule has 1 heterocycles. The Labute approximate surface area is 114 Å². The molecule has 1 aromatic carbocycles. The molecule has 0 aliphatic rings. The Morgan fingerprint density at radius 2 is 1.79 bits per heavy atom. The summed E-state index contributed by atoms with van der Waals surface area (Å²) in [5, 5.41) is 7.55. The number of nitrogens with one attached hydrogen (secondary N) is 1. The summed E-state index contributed by atoms with van der Waals surface area (Å²) in [6, 6.07) is 8.50. The zero-order valence-electron chi connectivity index (χ0n) is 12.4. The number of hydrogen-bond donors (Lipinski definition) is 1. The maximum atomic E-state index is 4.55. The lowest BCUT2D eigenvalue weighted by Gasteiger charge is -2.18. The number of rotatable bonds is 3. The summed E-state index contributed by atoms with van der Waals surface area (Å²) in [7, 11) is 3.83. The number of aromatic nitrogens is 3. The second-order valence-corrected chi connectivity index (χ2v) is 5.83. The van der Waals surface area contributed by atoms with Gasteiger partial charge in [0.15, 0.2) is 5.82 Å². The van der Waals surface area contributed by atoms with Crippen LogP contribution in [0, 0.1) is 0 Å². The highest BCUT2D eigenvalue weighted by Gasteiger charge is 2.14. The van der Waals surface area contributed by atoms with Crippen molar-refractivity contribution in [1.82, 2.24) is 20.1 Å². The molecular formula is C15H22N4. The third kappa shape index (κ3) is 3.01. The van der Waals surface area contributed by atoms with Crippen LogP contribution in [0.25, 0.3) is 11.4 Å². The van der Waals surface area contributed by atoms with Gasteiger partial charge in [0, 0.05) is 12.6 Å². The summed E-state index contributed by atoms with van der Waals surface area (Å²) in [5.74, 6) is 1.73. The van der Waals surface area contributed by atoms with Gasteiger partial charge in [0.25, 0.3) is 0 Å². The van der Waals surface area contributed by atoms with Crippen LogP contribution < -0.4 is 5.32 Å². The van der Waals surface area contributed by atoms with Crippen LogP contribution in [0.1, 0.15) is 32.2 Å². The number of hydrogen-bond acceptors (Lipinski definition) is 3. The van der Waals surface area contributed by atoms with Crippen LogP contribution in [0.2, 0.25) is 0 Å². The van der Waals surface area contributed by atoms with Gasteiger partial charge < -0.3 is 5.32 Å². The molecule has 0 amide bonds. The second-order valence-electron chi connectivity index (χ2n) is 5.83. The summed E-state index contributed by atoms with van der Waals surface area (Å²) < 4.78 is 1.82. The fourth-order valence-corrected chi connectivity index (χ4v) is 1.97. The van der Waals surface area contributed by atoms with Gasteiger partial charge in [-0.15, -0.1) is 0 Å². The summed E-state index contributed by atoms with van der Waals surface area (Å²) >= 11 is 0. The minimum Gasteiger partial charge on any atom is -0.313 e. The maximum Gasteiger partial charge on any atom is 0.181 e. The molecule has 102 valence electrons. The molecule has 0 aliphatic carbocycles. The third-order valence-corrected chi connectivity index (χ3v) is 3.20. The van der Waals surface area contributed by atoms with Gasteiger partial charge in [-0.05, 0) is 18.0 Å². The lowest BCUT2D eigenvalue weighted by Crippen LogP contribution is -2.10. The van der Waals surface area contributed by atoms with Crippen LogP contribution in [0.4, 0.5) is 0 Å². The molecule has 0 aliphatic heterocycles. The molecule has 0 unspecified atom stereocenters. The lowest BCUT2D eigenvalue weighted by atomic mass is 9.87. The molecule has 0 fully saturated rings. The van der Waals surface area contributed by atoms with Gasteiger partial charge in [0.05, 0.1) is 6.54 Å². The van der Waals surface area contributed by atoms with Crippen LogP contribution in [0.3, 0.4) is 0 Å². The van der Waals surface area contributed by atoms with Crippen LogP contribution in [0.15, 0.2) is 24.3 Å². The number of nitrogens with zero attached hydrogens (tertiary/aromatic N) is 3. The summed E-state index contributed by atoms with van der Waals surface area (Å²) in [6.45, 7) is 7.37. The fraction of sp³-hybridized carbons (Fsp3) is 0.467. The van der Waals surface area contributed by atoms with Crippen molar-refractivity contribution in [2.24, 2.45) is 7.05 Å². The zero-order valence-corrected chi connectivity index (χ0v) is 12.4. The Hall–Kier alpha value is -1.68. The minimum absolute atomic E-state index is 0.174. The summed E-state index contributed by atoms with van der Waals surface area (Å²) in [6.07, 6.45) is 0. The molecule has 0 bridgehead atoms. The van der Waals surface area contributed by atoms with Crippen LogP contribution in [-0.4, -0.2) is 21.8 Å². The normalized spacial score (nSPS) is 11.8. The molecule has 0 saturated carbocycles. The van der Waals surface area contributed by atoms with Crippen LogP contribution >= 0.6 is 0 Å². The highest BCUT2D eigenvalue weighted by Crippen LogP contribution is 2.24. The first kappa shape index (κ1) is 13.7. The quantitative estimate of drug-likeness (QED) is 0.920. The Bertz CT molecular complexity index is 547. The first-order valence-electron chi connectivity index (χ1n) is 6.57. The van der Waals surface area contributed by atoms with Crippen molar-refractivity contribution in [2.45, 2.75) is 32.7 Å². The van der Waals surface area contributed by atoms with E-state index in [4.69, 9.17) is 0 Å². The second kappa shape index (κ2) is 5.13. The van der Waals surface area contributed by atoms with Gasteiger partial charge in [-0.2, -0.15) is 5.10 Å². The van der Waals surface area contributed by atoms with E-state index in [2.05, 4.69) is 60.4 Å². The first-order chi connectivity index (χ1) is 8.91. The van der Waals surface area contributed by atoms with Gasteiger partial charge in [0.1, 0.15) is 5.82 Å².